The fourth-order valence-corrected chi connectivity index (χ4v) is 1.16. The Morgan fingerprint density at radius 2 is 2.36 bits per heavy atom. The van der Waals surface area contributed by atoms with Gasteiger partial charge in [-0.3, -0.25) is 4.79 Å². The molecule has 1 atom stereocenters. The third-order valence-corrected chi connectivity index (χ3v) is 2.16. The van der Waals surface area contributed by atoms with E-state index in [4.69, 9.17) is 17.3 Å². The topological polar surface area (TPSA) is 55.1 Å². The lowest BCUT2D eigenvalue weighted by molar-refractivity contribution is -0.120. The zero-order chi connectivity index (χ0) is 10.6. The highest BCUT2D eigenvalue weighted by Crippen LogP contribution is 2.14. The summed E-state index contributed by atoms with van der Waals surface area (Å²) in [5, 5.41) is 3.75. The number of hydrogen-bond donors (Lipinski definition) is 2. The van der Waals surface area contributed by atoms with Crippen LogP contribution in [-0.2, 0) is 4.79 Å². The number of carbonyl (C=O) groups excluding carboxylic acids is 1. The minimum Gasteiger partial charge on any atom is -0.384 e. The Hall–Kier alpha value is -1.22. The van der Waals surface area contributed by atoms with Crippen LogP contribution in [0.3, 0.4) is 0 Å². The van der Waals surface area contributed by atoms with Gasteiger partial charge in [0.1, 0.15) is 0 Å². The maximum absolute atomic E-state index is 10.7. The van der Waals surface area contributed by atoms with Gasteiger partial charge in [0.15, 0.2) is 0 Å². The first-order chi connectivity index (χ1) is 6.59. The van der Waals surface area contributed by atoms with E-state index in [2.05, 4.69) is 5.32 Å². The standard InChI is InChI=1S/C10H13ClN2O/c1-7(10(12)14)6-13-9-4-2-3-8(11)5-9/h2-5,7,13H,6H2,1H3,(H2,12,14). The zero-order valence-electron chi connectivity index (χ0n) is 7.96. The van der Waals surface area contributed by atoms with Crippen molar-refractivity contribution >= 4 is 23.2 Å². The molecule has 76 valence electrons. The molecule has 4 heteroatoms. The summed E-state index contributed by atoms with van der Waals surface area (Å²) in [7, 11) is 0. The monoisotopic (exact) mass is 212 g/mol. The number of nitrogens with one attached hydrogen (secondary N) is 1. The summed E-state index contributed by atoms with van der Waals surface area (Å²) in [6, 6.07) is 7.33. The smallest absolute Gasteiger partial charge is 0.222 e. The number of amides is 1. The number of nitrogens with two attached hydrogens (primary N) is 1. The molecule has 3 nitrogen and oxygen atoms in total. The molecule has 0 heterocycles. The van der Waals surface area contributed by atoms with E-state index in [0.29, 0.717) is 11.6 Å². The van der Waals surface area contributed by atoms with Crippen molar-refractivity contribution in [3.8, 4) is 0 Å². The maximum Gasteiger partial charge on any atom is 0.222 e. The van der Waals surface area contributed by atoms with Crippen LogP contribution in [0.25, 0.3) is 0 Å². The third-order valence-electron chi connectivity index (χ3n) is 1.92. The number of halogens is 1. The average molecular weight is 213 g/mol. The normalized spacial score (nSPS) is 12.1. The van der Waals surface area contributed by atoms with E-state index < -0.39 is 0 Å². The van der Waals surface area contributed by atoms with Crippen LogP contribution < -0.4 is 11.1 Å². The molecular formula is C10H13ClN2O. The SMILES string of the molecule is CC(CNc1cccc(Cl)c1)C(N)=O. The van der Waals surface area contributed by atoms with E-state index in [0.717, 1.165) is 5.69 Å². The van der Waals surface area contributed by atoms with Crippen LogP contribution in [0.15, 0.2) is 24.3 Å². The Labute approximate surface area is 88.2 Å². The number of primary amides is 1. The van der Waals surface area contributed by atoms with Gasteiger partial charge >= 0.3 is 0 Å². The molecule has 3 N–H and O–H groups in total. The van der Waals surface area contributed by atoms with Crippen molar-refractivity contribution in [3.05, 3.63) is 29.3 Å². The van der Waals surface area contributed by atoms with E-state index in [1.54, 1.807) is 19.1 Å². The largest absolute Gasteiger partial charge is 0.384 e. The van der Waals surface area contributed by atoms with Crippen LogP contribution in [0.2, 0.25) is 5.02 Å². The molecule has 0 radical (unpaired) electrons. The molecule has 0 bridgehead atoms. The van der Waals surface area contributed by atoms with E-state index in [1.165, 1.54) is 0 Å². The van der Waals surface area contributed by atoms with Crippen molar-refractivity contribution in [1.82, 2.24) is 0 Å². The molecule has 0 fully saturated rings. The van der Waals surface area contributed by atoms with Gasteiger partial charge in [-0.15, -0.1) is 0 Å². The van der Waals surface area contributed by atoms with Crippen LogP contribution in [0, 0.1) is 5.92 Å². The Balaban J connectivity index is 2.49. The summed E-state index contributed by atoms with van der Waals surface area (Å²) < 4.78 is 0. The van der Waals surface area contributed by atoms with Gasteiger partial charge in [-0.2, -0.15) is 0 Å². The maximum atomic E-state index is 10.7. The highest BCUT2D eigenvalue weighted by atomic mass is 35.5. The van der Waals surface area contributed by atoms with Crippen molar-refractivity contribution < 1.29 is 4.79 Å². The lowest BCUT2D eigenvalue weighted by Gasteiger charge is -2.10. The van der Waals surface area contributed by atoms with E-state index in [-0.39, 0.29) is 11.8 Å². The molecule has 0 aliphatic heterocycles. The Bertz CT molecular complexity index is 328. The van der Waals surface area contributed by atoms with Crippen molar-refractivity contribution in [3.63, 3.8) is 0 Å². The first kappa shape index (κ1) is 10.9. The Morgan fingerprint density at radius 3 is 2.93 bits per heavy atom. The van der Waals surface area contributed by atoms with Crippen molar-refractivity contribution in [2.24, 2.45) is 11.7 Å². The lowest BCUT2D eigenvalue weighted by atomic mass is 10.1. The van der Waals surface area contributed by atoms with E-state index in [1.807, 2.05) is 12.1 Å². The highest BCUT2D eigenvalue weighted by Gasteiger charge is 2.07. The number of hydrogen-bond acceptors (Lipinski definition) is 2. The van der Waals surface area contributed by atoms with Gasteiger partial charge in [0.05, 0.1) is 5.92 Å². The van der Waals surface area contributed by atoms with Crippen LogP contribution in [0.1, 0.15) is 6.92 Å². The predicted octanol–water partition coefficient (Wildman–Crippen LogP) is 1.87. The molecule has 0 saturated carbocycles. The molecule has 1 rings (SSSR count). The summed E-state index contributed by atoms with van der Waals surface area (Å²) in [5.41, 5.74) is 6.02. The summed E-state index contributed by atoms with van der Waals surface area (Å²) >= 11 is 5.79. The molecule has 1 aromatic carbocycles. The minimum atomic E-state index is -0.306. The van der Waals surface area contributed by atoms with E-state index in [9.17, 15) is 4.79 Å². The summed E-state index contributed by atoms with van der Waals surface area (Å²) in [5.74, 6) is -0.492. The molecule has 1 amide bonds. The minimum absolute atomic E-state index is 0.186. The van der Waals surface area contributed by atoms with Gasteiger partial charge in [0.2, 0.25) is 5.91 Å². The molecule has 0 saturated heterocycles. The van der Waals surface area contributed by atoms with Crippen molar-refractivity contribution in [2.75, 3.05) is 11.9 Å². The predicted molar refractivity (Wildman–Crippen MR) is 58.3 cm³/mol. The molecule has 0 aliphatic rings. The summed E-state index contributed by atoms with van der Waals surface area (Å²) in [4.78, 5) is 10.7. The molecule has 1 unspecified atom stereocenters. The molecule has 0 spiro atoms. The second kappa shape index (κ2) is 4.86. The zero-order valence-corrected chi connectivity index (χ0v) is 8.71. The Kier molecular flexibility index (Phi) is 3.77. The molecule has 0 aliphatic carbocycles. The number of benzene rings is 1. The van der Waals surface area contributed by atoms with Crippen LogP contribution in [0.4, 0.5) is 5.69 Å². The van der Waals surface area contributed by atoms with Gasteiger partial charge in [0.25, 0.3) is 0 Å². The highest BCUT2D eigenvalue weighted by molar-refractivity contribution is 6.30. The fraction of sp³-hybridized carbons (Fsp3) is 0.300. The quantitative estimate of drug-likeness (QED) is 0.801. The second-order valence-electron chi connectivity index (χ2n) is 3.19. The van der Waals surface area contributed by atoms with Crippen molar-refractivity contribution in [2.45, 2.75) is 6.92 Å². The second-order valence-corrected chi connectivity index (χ2v) is 3.63. The first-order valence-electron chi connectivity index (χ1n) is 4.38. The number of rotatable bonds is 4. The fourth-order valence-electron chi connectivity index (χ4n) is 0.970. The van der Waals surface area contributed by atoms with Crippen LogP contribution in [-0.4, -0.2) is 12.5 Å². The molecule has 0 aromatic heterocycles. The van der Waals surface area contributed by atoms with Crippen LogP contribution in [0.5, 0.6) is 0 Å². The summed E-state index contributed by atoms with van der Waals surface area (Å²) in [6.45, 7) is 2.30. The molecule has 14 heavy (non-hydrogen) atoms. The third kappa shape index (κ3) is 3.26. The van der Waals surface area contributed by atoms with Gasteiger partial charge in [0, 0.05) is 17.3 Å². The molecular weight excluding hydrogens is 200 g/mol. The van der Waals surface area contributed by atoms with Crippen LogP contribution >= 0.6 is 11.6 Å². The molecule has 1 aromatic rings. The van der Waals surface area contributed by atoms with Gasteiger partial charge in [-0.05, 0) is 18.2 Å². The summed E-state index contributed by atoms with van der Waals surface area (Å²) in [6.07, 6.45) is 0. The lowest BCUT2D eigenvalue weighted by Crippen LogP contribution is -2.26. The first-order valence-corrected chi connectivity index (χ1v) is 4.76. The van der Waals surface area contributed by atoms with Gasteiger partial charge < -0.3 is 11.1 Å². The van der Waals surface area contributed by atoms with Gasteiger partial charge in [-0.25, -0.2) is 0 Å². The Morgan fingerprint density at radius 1 is 1.64 bits per heavy atom. The average Bonchev–Trinajstić information content (AvgIpc) is 2.14. The number of anilines is 1. The van der Waals surface area contributed by atoms with E-state index >= 15 is 0 Å². The number of carbonyl (C=O) groups is 1. The van der Waals surface area contributed by atoms with Gasteiger partial charge in [-0.1, -0.05) is 24.6 Å². The van der Waals surface area contributed by atoms with Crippen molar-refractivity contribution in [1.29, 1.82) is 0 Å².